The van der Waals surface area contributed by atoms with Gasteiger partial charge in [0.25, 0.3) is 0 Å². The molecule has 20 heavy (non-hydrogen) atoms. The van der Waals surface area contributed by atoms with Crippen LogP contribution < -0.4 is 0 Å². The summed E-state index contributed by atoms with van der Waals surface area (Å²) >= 11 is 0. The van der Waals surface area contributed by atoms with E-state index >= 15 is 0 Å². The minimum Gasteiger partial charge on any atom is -0.395 e. The first-order valence-electron chi connectivity index (χ1n) is 7.93. The van der Waals surface area contributed by atoms with Crippen molar-refractivity contribution in [2.75, 3.05) is 26.3 Å². The topological polar surface area (TPSA) is 32.7 Å². The van der Waals surface area contributed by atoms with Gasteiger partial charge < -0.3 is 9.84 Å². The molecule has 0 radical (unpaired) electrons. The van der Waals surface area contributed by atoms with Crippen LogP contribution in [0.1, 0.15) is 42.9 Å². The van der Waals surface area contributed by atoms with Gasteiger partial charge in [0.2, 0.25) is 0 Å². The van der Waals surface area contributed by atoms with Crippen LogP contribution in [0, 0.1) is 0 Å². The molecule has 3 rings (SSSR count). The quantitative estimate of drug-likeness (QED) is 0.896. The summed E-state index contributed by atoms with van der Waals surface area (Å²) < 4.78 is 6.02. The van der Waals surface area contributed by atoms with Crippen LogP contribution in [-0.4, -0.2) is 42.4 Å². The second kappa shape index (κ2) is 6.70. The maximum Gasteiger partial charge on any atom is 0.0954 e. The van der Waals surface area contributed by atoms with Gasteiger partial charge in [-0.25, -0.2) is 0 Å². The number of aliphatic hydroxyl groups excluding tert-OH is 1. The molecule has 0 spiro atoms. The Balaban J connectivity index is 1.72. The summed E-state index contributed by atoms with van der Waals surface area (Å²) in [7, 11) is 0. The van der Waals surface area contributed by atoms with Crippen molar-refractivity contribution in [2.45, 2.75) is 44.2 Å². The number of benzene rings is 1. The first-order valence-corrected chi connectivity index (χ1v) is 7.93. The van der Waals surface area contributed by atoms with Gasteiger partial charge in [0.15, 0.2) is 0 Å². The first-order chi connectivity index (χ1) is 9.88. The zero-order valence-corrected chi connectivity index (χ0v) is 12.1. The molecule has 1 heterocycles. The van der Waals surface area contributed by atoms with E-state index in [1.807, 2.05) is 0 Å². The maximum atomic E-state index is 9.34. The molecule has 1 aromatic rings. The Morgan fingerprint density at radius 1 is 1.20 bits per heavy atom. The molecule has 0 amide bonds. The number of nitrogens with zero attached hydrogens (tertiary/aromatic N) is 1. The van der Waals surface area contributed by atoms with Crippen LogP contribution in [0.4, 0.5) is 0 Å². The summed E-state index contributed by atoms with van der Waals surface area (Å²) in [5.74, 6) is 0. The Morgan fingerprint density at radius 3 is 2.80 bits per heavy atom. The molecule has 3 heteroatoms. The highest BCUT2D eigenvalue weighted by Gasteiger charge is 2.28. The molecule has 1 N–H and O–H groups in total. The molecule has 1 unspecified atom stereocenters. The molecule has 3 nitrogen and oxygen atoms in total. The average molecular weight is 275 g/mol. The van der Waals surface area contributed by atoms with Gasteiger partial charge in [0, 0.05) is 19.1 Å². The third kappa shape index (κ3) is 3.05. The van der Waals surface area contributed by atoms with E-state index in [0.717, 1.165) is 26.1 Å². The molecule has 0 aromatic heterocycles. The lowest BCUT2D eigenvalue weighted by atomic mass is 9.97. The maximum absolute atomic E-state index is 9.34. The van der Waals surface area contributed by atoms with Crippen molar-refractivity contribution in [3.05, 3.63) is 35.4 Å². The van der Waals surface area contributed by atoms with E-state index in [9.17, 15) is 5.11 Å². The van der Waals surface area contributed by atoms with Crippen molar-refractivity contribution in [2.24, 2.45) is 0 Å². The van der Waals surface area contributed by atoms with E-state index in [1.54, 1.807) is 0 Å². The standard InChI is InChI=1S/C17H25NO2/c19-11-10-18(15-6-2-3-7-15)13-17-16-8-4-1-5-14(16)9-12-20-17/h1,4-5,8,15,17,19H,2-3,6-7,9-13H2. The van der Waals surface area contributed by atoms with E-state index in [-0.39, 0.29) is 12.7 Å². The van der Waals surface area contributed by atoms with Crippen molar-refractivity contribution in [3.8, 4) is 0 Å². The van der Waals surface area contributed by atoms with Gasteiger partial charge in [-0.2, -0.15) is 0 Å². The Hall–Kier alpha value is -0.900. The minimum atomic E-state index is 0.173. The van der Waals surface area contributed by atoms with Crippen molar-refractivity contribution in [1.29, 1.82) is 0 Å². The third-order valence-electron chi connectivity index (χ3n) is 4.72. The predicted octanol–water partition coefficient (Wildman–Crippen LogP) is 2.54. The molecular weight excluding hydrogens is 250 g/mol. The Kier molecular flexibility index (Phi) is 4.71. The van der Waals surface area contributed by atoms with Crippen LogP contribution >= 0.6 is 0 Å². The molecule has 2 aliphatic rings. The molecular formula is C17H25NO2. The SMILES string of the molecule is OCCN(CC1OCCc2ccccc21)C1CCCC1. The van der Waals surface area contributed by atoms with Crippen molar-refractivity contribution in [3.63, 3.8) is 0 Å². The first kappa shape index (κ1) is 14.1. The van der Waals surface area contributed by atoms with Crippen LogP contribution in [0.3, 0.4) is 0 Å². The van der Waals surface area contributed by atoms with Crippen LogP contribution in [0.25, 0.3) is 0 Å². The summed E-state index contributed by atoms with van der Waals surface area (Å²) in [6, 6.07) is 9.28. The monoisotopic (exact) mass is 275 g/mol. The minimum absolute atomic E-state index is 0.173. The zero-order chi connectivity index (χ0) is 13.8. The van der Waals surface area contributed by atoms with Gasteiger partial charge in [-0.05, 0) is 30.4 Å². The molecule has 1 aromatic carbocycles. The fourth-order valence-electron chi connectivity index (χ4n) is 3.66. The number of hydrogen-bond acceptors (Lipinski definition) is 3. The number of ether oxygens (including phenoxy) is 1. The zero-order valence-electron chi connectivity index (χ0n) is 12.1. The van der Waals surface area contributed by atoms with Crippen molar-refractivity contribution >= 4 is 0 Å². The van der Waals surface area contributed by atoms with Crippen LogP contribution in [-0.2, 0) is 11.2 Å². The number of hydrogen-bond donors (Lipinski definition) is 1. The fourth-order valence-corrected chi connectivity index (χ4v) is 3.66. The van der Waals surface area contributed by atoms with E-state index in [0.29, 0.717) is 6.04 Å². The van der Waals surface area contributed by atoms with Crippen LogP contribution in [0.5, 0.6) is 0 Å². The molecule has 0 bridgehead atoms. The number of aliphatic hydroxyl groups is 1. The van der Waals surface area contributed by atoms with E-state index in [2.05, 4.69) is 29.2 Å². The van der Waals surface area contributed by atoms with E-state index < -0.39 is 0 Å². The van der Waals surface area contributed by atoms with Crippen LogP contribution in [0.15, 0.2) is 24.3 Å². The van der Waals surface area contributed by atoms with E-state index in [1.165, 1.54) is 36.8 Å². The fraction of sp³-hybridized carbons (Fsp3) is 0.647. The van der Waals surface area contributed by atoms with Gasteiger partial charge in [0.1, 0.15) is 0 Å². The van der Waals surface area contributed by atoms with Crippen molar-refractivity contribution in [1.82, 2.24) is 4.90 Å². The molecule has 1 aliphatic heterocycles. The predicted molar refractivity (Wildman–Crippen MR) is 79.8 cm³/mol. The summed E-state index contributed by atoms with van der Waals surface area (Å²) in [4.78, 5) is 2.44. The molecule has 1 fully saturated rings. The Morgan fingerprint density at radius 2 is 2.00 bits per heavy atom. The Bertz CT molecular complexity index is 429. The van der Waals surface area contributed by atoms with Gasteiger partial charge in [-0.1, -0.05) is 37.1 Å². The van der Waals surface area contributed by atoms with Gasteiger partial charge in [-0.15, -0.1) is 0 Å². The normalized spacial score (nSPS) is 23.2. The summed E-state index contributed by atoms with van der Waals surface area (Å²) in [6.07, 6.45) is 6.40. The molecule has 1 aliphatic carbocycles. The van der Waals surface area contributed by atoms with Gasteiger partial charge >= 0.3 is 0 Å². The third-order valence-corrected chi connectivity index (χ3v) is 4.72. The molecule has 1 atom stereocenters. The van der Waals surface area contributed by atoms with Crippen LogP contribution in [0.2, 0.25) is 0 Å². The molecule has 1 saturated carbocycles. The van der Waals surface area contributed by atoms with Gasteiger partial charge in [-0.3, -0.25) is 4.90 Å². The lowest BCUT2D eigenvalue weighted by Gasteiger charge is -2.34. The summed E-state index contributed by atoms with van der Waals surface area (Å²) in [6.45, 7) is 2.75. The lowest BCUT2D eigenvalue weighted by molar-refractivity contribution is 0.00246. The van der Waals surface area contributed by atoms with Gasteiger partial charge in [0.05, 0.1) is 19.3 Å². The lowest BCUT2D eigenvalue weighted by Crippen LogP contribution is -2.40. The number of fused-ring (bicyclic) bond motifs is 1. The highest BCUT2D eigenvalue weighted by Crippen LogP contribution is 2.30. The number of rotatable bonds is 5. The second-order valence-electron chi connectivity index (χ2n) is 5.97. The average Bonchev–Trinajstić information content (AvgIpc) is 3.01. The summed E-state index contributed by atoms with van der Waals surface area (Å²) in [5.41, 5.74) is 2.78. The summed E-state index contributed by atoms with van der Waals surface area (Å²) in [5, 5.41) is 9.34. The second-order valence-corrected chi connectivity index (χ2v) is 5.97. The highest BCUT2D eigenvalue weighted by atomic mass is 16.5. The molecule has 110 valence electrons. The van der Waals surface area contributed by atoms with E-state index in [4.69, 9.17) is 4.74 Å². The smallest absolute Gasteiger partial charge is 0.0954 e. The highest BCUT2D eigenvalue weighted by molar-refractivity contribution is 5.31. The Labute approximate surface area is 121 Å². The van der Waals surface area contributed by atoms with Crippen molar-refractivity contribution < 1.29 is 9.84 Å². The molecule has 0 saturated heterocycles. The largest absolute Gasteiger partial charge is 0.395 e.